The monoisotopic (exact) mass is 369 g/mol. The molecule has 0 saturated heterocycles. The van der Waals surface area contributed by atoms with E-state index in [-0.39, 0.29) is 11.7 Å². The second-order valence-electron chi connectivity index (χ2n) is 7.57. The average molecular weight is 370 g/mol. The molecule has 0 spiro atoms. The number of Topliss-reactive ketones (excluding diaryl/α,β-unsaturated/α-hetero) is 1. The topological polar surface area (TPSA) is 46.5 Å². The van der Waals surface area contributed by atoms with E-state index in [2.05, 4.69) is 4.40 Å². The van der Waals surface area contributed by atoms with Gasteiger partial charge in [-0.15, -0.1) is 0 Å². The molecule has 0 saturated carbocycles. The Hall–Kier alpha value is -2.07. The molecule has 0 aliphatic heterocycles. The lowest BCUT2D eigenvalue weighted by Crippen LogP contribution is -2.22. The number of hydrogen-bond acceptors (Lipinski definition) is 2. The summed E-state index contributed by atoms with van der Waals surface area (Å²) in [6.07, 6.45) is 1.06. The van der Waals surface area contributed by atoms with Gasteiger partial charge in [0.2, 0.25) is 0 Å². The normalized spacial score (nSPS) is 14.7. The fourth-order valence-corrected chi connectivity index (χ4v) is 3.19. The maximum absolute atomic E-state index is 12.5. The van der Waals surface area contributed by atoms with Crippen LogP contribution in [0.5, 0.6) is 0 Å². The molecule has 0 unspecified atom stereocenters. The largest absolute Gasteiger partial charge is 0.294 e. The first-order valence-corrected chi connectivity index (χ1v) is 10.0. The van der Waals surface area contributed by atoms with E-state index in [1.54, 1.807) is 0 Å². The molecule has 0 amide bonds. The third-order valence-electron chi connectivity index (χ3n) is 4.00. The molecule has 26 heavy (non-hydrogen) atoms. The summed E-state index contributed by atoms with van der Waals surface area (Å²) in [5.74, 6) is 0.237. The molecular weight excluding hydrogens is 342 g/mol. The molecule has 2 aromatic carbocycles. The van der Waals surface area contributed by atoms with Gasteiger partial charge in [0, 0.05) is 12.0 Å². The summed E-state index contributed by atoms with van der Waals surface area (Å²) >= 11 is 0. The standard InChI is InChI=1S/C22H27NO2S/c1-17(16-21(24)19-13-9-6-10-14-19)15-20(18-11-7-5-8-12-18)23-26(25)22(2,3)4/h5-14,17H,15-16H2,1-4H3/b23-20-/t17-,26-/m1/s1. The van der Waals surface area contributed by atoms with Crippen LogP contribution in [0.3, 0.4) is 0 Å². The maximum Gasteiger partial charge on any atom is 0.163 e. The number of carbonyl (C=O) groups is 1. The van der Waals surface area contributed by atoms with E-state index in [0.717, 1.165) is 16.8 Å². The van der Waals surface area contributed by atoms with Crippen molar-refractivity contribution in [2.45, 2.75) is 45.3 Å². The molecule has 4 heteroatoms. The van der Waals surface area contributed by atoms with E-state index in [9.17, 15) is 9.00 Å². The summed E-state index contributed by atoms with van der Waals surface area (Å²) < 4.78 is 16.6. The Labute approximate surface area is 159 Å². The molecule has 2 atom stereocenters. The van der Waals surface area contributed by atoms with Crippen molar-refractivity contribution >= 4 is 22.5 Å². The summed E-state index contributed by atoms with van der Waals surface area (Å²) in [4.78, 5) is 12.5. The van der Waals surface area contributed by atoms with Gasteiger partial charge in [0.25, 0.3) is 0 Å². The Morgan fingerprint density at radius 1 is 0.923 bits per heavy atom. The van der Waals surface area contributed by atoms with Gasteiger partial charge in [0.05, 0.1) is 10.5 Å². The fourth-order valence-electron chi connectivity index (χ4n) is 2.54. The summed E-state index contributed by atoms with van der Waals surface area (Å²) in [5, 5.41) is 0. The first kappa shape index (κ1) is 20.2. The highest BCUT2D eigenvalue weighted by atomic mass is 32.2. The third-order valence-corrected chi connectivity index (χ3v) is 5.43. The molecule has 0 N–H and O–H groups in total. The lowest BCUT2D eigenvalue weighted by molar-refractivity contribution is 0.0966. The summed E-state index contributed by atoms with van der Waals surface area (Å²) in [6, 6.07) is 19.1. The van der Waals surface area contributed by atoms with E-state index < -0.39 is 15.7 Å². The van der Waals surface area contributed by atoms with Crippen LogP contribution in [0.4, 0.5) is 0 Å². The van der Waals surface area contributed by atoms with Gasteiger partial charge in [-0.1, -0.05) is 67.6 Å². The average Bonchev–Trinajstić information content (AvgIpc) is 2.61. The van der Waals surface area contributed by atoms with Crippen LogP contribution in [-0.2, 0) is 11.0 Å². The first-order chi connectivity index (χ1) is 12.3. The van der Waals surface area contributed by atoms with E-state index in [0.29, 0.717) is 12.8 Å². The molecule has 0 aromatic heterocycles. The lowest BCUT2D eigenvalue weighted by atomic mass is 9.93. The molecule has 3 nitrogen and oxygen atoms in total. The smallest absolute Gasteiger partial charge is 0.163 e. The van der Waals surface area contributed by atoms with Crippen LogP contribution in [0.15, 0.2) is 65.1 Å². The van der Waals surface area contributed by atoms with Crippen LogP contribution in [0.1, 0.15) is 56.5 Å². The zero-order valence-corrected chi connectivity index (χ0v) is 16.8. The van der Waals surface area contributed by atoms with Crippen LogP contribution in [0, 0.1) is 5.92 Å². The number of rotatable bonds is 7. The molecule has 0 fully saturated rings. The molecule has 0 aliphatic rings. The zero-order valence-electron chi connectivity index (χ0n) is 15.9. The van der Waals surface area contributed by atoms with Crippen molar-refractivity contribution in [3.63, 3.8) is 0 Å². The SMILES string of the molecule is C[C@@H](CC(=O)c1ccccc1)C/C(=N/[S@](=O)C(C)(C)C)c1ccccc1. The second-order valence-corrected chi connectivity index (χ2v) is 9.47. The molecule has 138 valence electrons. The molecule has 0 heterocycles. The molecule has 0 bridgehead atoms. The van der Waals surface area contributed by atoms with Gasteiger partial charge < -0.3 is 0 Å². The Kier molecular flexibility index (Phi) is 7.04. The number of benzene rings is 2. The van der Waals surface area contributed by atoms with Gasteiger partial charge in [-0.05, 0) is 38.7 Å². The van der Waals surface area contributed by atoms with Gasteiger partial charge in [0.1, 0.15) is 11.0 Å². The minimum absolute atomic E-state index is 0.110. The van der Waals surface area contributed by atoms with Crippen molar-refractivity contribution in [3.05, 3.63) is 71.8 Å². The Morgan fingerprint density at radius 3 is 1.92 bits per heavy atom. The predicted octanol–water partition coefficient (Wildman–Crippen LogP) is 5.24. The highest BCUT2D eigenvalue weighted by Gasteiger charge is 2.21. The van der Waals surface area contributed by atoms with Gasteiger partial charge in [-0.2, -0.15) is 4.40 Å². The van der Waals surface area contributed by atoms with Crippen molar-refractivity contribution in [1.82, 2.24) is 0 Å². The summed E-state index contributed by atoms with van der Waals surface area (Å²) in [7, 11) is -1.33. The van der Waals surface area contributed by atoms with E-state index >= 15 is 0 Å². The summed E-state index contributed by atoms with van der Waals surface area (Å²) in [5.41, 5.74) is 2.49. The zero-order chi connectivity index (χ0) is 19.2. The van der Waals surface area contributed by atoms with Crippen LogP contribution >= 0.6 is 0 Å². The lowest BCUT2D eigenvalue weighted by Gasteiger charge is -2.17. The van der Waals surface area contributed by atoms with Crippen LogP contribution in [0.25, 0.3) is 0 Å². The first-order valence-electron chi connectivity index (χ1n) is 8.90. The predicted molar refractivity (Wildman–Crippen MR) is 110 cm³/mol. The minimum Gasteiger partial charge on any atom is -0.294 e. The fraction of sp³-hybridized carbons (Fsp3) is 0.364. The Bertz CT molecular complexity index is 777. The van der Waals surface area contributed by atoms with Crippen molar-refractivity contribution in [1.29, 1.82) is 0 Å². The molecule has 0 aliphatic carbocycles. The van der Waals surface area contributed by atoms with Gasteiger partial charge in [-0.3, -0.25) is 4.79 Å². The quantitative estimate of drug-likeness (QED) is 0.495. The number of ketones is 1. The van der Waals surface area contributed by atoms with E-state index in [1.807, 2.05) is 88.4 Å². The van der Waals surface area contributed by atoms with Crippen molar-refractivity contribution in [2.24, 2.45) is 10.3 Å². The van der Waals surface area contributed by atoms with Crippen LogP contribution in [0.2, 0.25) is 0 Å². The summed E-state index contributed by atoms with van der Waals surface area (Å²) in [6.45, 7) is 7.78. The van der Waals surface area contributed by atoms with Gasteiger partial charge in [0.15, 0.2) is 5.78 Å². The maximum atomic E-state index is 12.5. The van der Waals surface area contributed by atoms with Crippen molar-refractivity contribution in [2.75, 3.05) is 0 Å². The molecule has 2 rings (SSSR count). The molecular formula is C22H27NO2S. The number of carbonyl (C=O) groups excluding carboxylic acids is 1. The Morgan fingerprint density at radius 2 is 1.42 bits per heavy atom. The van der Waals surface area contributed by atoms with Crippen LogP contribution in [-0.4, -0.2) is 20.5 Å². The van der Waals surface area contributed by atoms with Crippen molar-refractivity contribution < 1.29 is 9.00 Å². The molecule has 2 aromatic rings. The highest BCUT2D eigenvalue weighted by Crippen LogP contribution is 2.20. The molecule has 0 radical (unpaired) electrons. The van der Waals surface area contributed by atoms with Crippen molar-refractivity contribution in [3.8, 4) is 0 Å². The Balaban J connectivity index is 2.17. The van der Waals surface area contributed by atoms with E-state index in [4.69, 9.17) is 0 Å². The van der Waals surface area contributed by atoms with Gasteiger partial charge in [-0.25, -0.2) is 4.21 Å². The second kappa shape index (κ2) is 9.04. The van der Waals surface area contributed by atoms with Crippen LogP contribution < -0.4 is 0 Å². The minimum atomic E-state index is -1.33. The number of hydrogen-bond donors (Lipinski definition) is 0. The van der Waals surface area contributed by atoms with E-state index in [1.165, 1.54) is 0 Å². The van der Waals surface area contributed by atoms with Gasteiger partial charge >= 0.3 is 0 Å². The third kappa shape index (κ3) is 6.03. The highest BCUT2D eigenvalue weighted by molar-refractivity contribution is 7.85. The number of nitrogens with zero attached hydrogens (tertiary/aromatic N) is 1.